The molecule has 0 unspecified atom stereocenters. The molecular weight excluding hydrogens is 283 g/mol. The van der Waals surface area contributed by atoms with E-state index in [2.05, 4.69) is 0 Å². The zero-order valence-electron chi connectivity index (χ0n) is 10.8. The number of hydrogen-bond acceptors (Lipinski definition) is 1. The summed E-state index contributed by atoms with van der Waals surface area (Å²) in [6, 6.07) is 6.85. The van der Waals surface area contributed by atoms with Crippen LogP contribution in [0.5, 0.6) is 0 Å². The van der Waals surface area contributed by atoms with Crippen LogP contribution in [0.4, 0.5) is 17.6 Å². The van der Waals surface area contributed by atoms with E-state index in [9.17, 15) is 17.6 Å². The van der Waals surface area contributed by atoms with E-state index in [0.29, 0.717) is 11.1 Å². The smallest absolute Gasteiger partial charge is 0.159 e. The second-order valence-electron chi connectivity index (χ2n) is 3.99. The summed E-state index contributed by atoms with van der Waals surface area (Å²) in [6.45, 7) is 0.104. The van der Waals surface area contributed by atoms with E-state index in [1.165, 1.54) is 12.1 Å². The van der Waals surface area contributed by atoms with Crippen molar-refractivity contribution in [2.75, 3.05) is 0 Å². The SMILES string of the molecule is Fc1ccc(COCc2ccc(F)c(F)c2)cc1F.[Na]. The van der Waals surface area contributed by atoms with E-state index in [0.717, 1.165) is 24.3 Å². The normalized spacial score (nSPS) is 10.2. The minimum Gasteiger partial charge on any atom is -0.372 e. The Morgan fingerprint density at radius 1 is 0.650 bits per heavy atom. The van der Waals surface area contributed by atoms with Gasteiger partial charge in [0.2, 0.25) is 0 Å². The van der Waals surface area contributed by atoms with E-state index in [1.807, 2.05) is 0 Å². The molecule has 0 aliphatic heterocycles. The van der Waals surface area contributed by atoms with Crippen molar-refractivity contribution in [1.82, 2.24) is 0 Å². The number of hydrogen-bond donors (Lipinski definition) is 0. The van der Waals surface area contributed by atoms with Crippen molar-refractivity contribution in [3.8, 4) is 0 Å². The van der Waals surface area contributed by atoms with Gasteiger partial charge in [-0.25, -0.2) is 17.6 Å². The Labute approximate surface area is 135 Å². The fourth-order valence-electron chi connectivity index (χ4n) is 1.55. The van der Waals surface area contributed by atoms with Crippen LogP contribution < -0.4 is 0 Å². The van der Waals surface area contributed by atoms with Gasteiger partial charge in [0.05, 0.1) is 13.2 Å². The van der Waals surface area contributed by atoms with Crippen LogP contribution >= 0.6 is 0 Å². The third-order valence-corrected chi connectivity index (χ3v) is 2.51. The zero-order chi connectivity index (χ0) is 13.8. The first-order chi connectivity index (χ1) is 9.06. The van der Waals surface area contributed by atoms with E-state index in [4.69, 9.17) is 4.74 Å². The summed E-state index contributed by atoms with van der Waals surface area (Å²) in [7, 11) is 0. The van der Waals surface area contributed by atoms with Gasteiger partial charge in [-0.05, 0) is 35.4 Å². The number of benzene rings is 2. The molecule has 0 heterocycles. The third kappa shape index (κ3) is 4.59. The molecule has 0 fully saturated rings. The summed E-state index contributed by atoms with van der Waals surface area (Å²) >= 11 is 0. The molecule has 0 aliphatic rings. The molecule has 0 amide bonds. The summed E-state index contributed by atoms with van der Waals surface area (Å²) in [6.07, 6.45) is 0. The molecule has 0 N–H and O–H groups in total. The van der Waals surface area contributed by atoms with E-state index in [-0.39, 0.29) is 42.8 Å². The van der Waals surface area contributed by atoms with Gasteiger partial charge >= 0.3 is 0 Å². The van der Waals surface area contributed by atoms with Crippen LogP contribution in [-0.2, 0) is 18.0 Å². The third-order valence-electron chi connectivity index (χ3n) is 2.51. The Hall–Kier alpha value is -0.880. The monoisotopic (exact) mass is 293 g/mol. The van der Waals surface area contributed by atoms with E-state index < -0.39 is 23.3 Å². The molecular formula is C14H10F4NaO. The predicted octanol–water partition coefficient (Wildman–Crippen LogP) is 3.58. The van der Waals surface area contributed by atoms with Crippen molar-refractivity contribution < 1.29 is 22.3 Å². The van der Waals surface area contributed by atoms with Gasteiger partial charge in [-0.1, -0.05) is 12.1 Å². The van der Waals surface area contributed by atoms with Crippen molar-refractivity contribution in [1.29, 1.82) is 0 Å². The molecule has 20 heavy (non-hydrogen) atoms. The van der Waals surface area contributed by atoms with Crippen LogP contribution in [0.2, 0.25) is 0 Å². The minimum atomic E-state index is -0.950. The van der Waals surface area contributed by atoms with Crippen molar-refractivity contribution in [3.05, 3.63) is 70.8 Å². The molecule has 0 aliphatic carbocycles. The first-order valence-corrected chi connectivity index (χ1v) is 5.52. The van der Waals surface area contributed by atoms with Gasteiger partial charge in [0.15, 0.2) is 23.3 Å². The average Bonchev–Trinajstić information content (AvgIpc) is 2.38. The van der Waals surface area contributed by atoms with Crippen LogP contribution in [0.15, 0.2) is 36.4 Å². The molecule has 2 aromatic carbocycles. The molecule has 0 atom stereocenters. The zero-order valence-corrected chi connectivity index (χ0v) is 12.8. The quantitative estimate of drug-likeness (QED) is 0.618. The average molecular weight is 293 g/mol. The molecule has 0 saturated heterocycles. The van der Waals surface area contributed by atoms with Gasteiger partial charge in [-0.2, -0.15) is 0 Å². The Morgan fingerprint density at radius 2 is 1.05 bits per heavy atom. The summed E-state index contributed by atoms with van der Waals surface area (Å²) < 4.78 is 56.4. The Balaban J connectivity index is 0.00000200. The summed E-state index contributed by atoms with van der Waals surface area (Å²) in [5.41, 5.74) is 0.919. The second-order valence-corrected chi connectivity index (χ2v) is 3.99. The van der Waals surface area contributed by atoms with Crippen molar-refractivity contribution in [3.63, 3.8) is 0 Å². The summed E-state index contributed by atoms with van der Waals surface area (Å²) in [5, 5.41) is 0. The van der Waals surface area contributed by atoms with Crippen LogP contribution in [0.3, 0.4) is 0 Å². The predicted molar refractivity (Wildman–Crippen MR) is 67.0 cm³/mol. The minimum absolute atomic E-state index is 0. The molecule has 2 rings (SSSR count). The summed E-state index contributed by atoms with van der Waals surface area (Å²) in [5.74, 6) is -3.75. The fraction of sp³-hybridized carbons (Fsp3) is 0.143. The van der Waals surface area contributed by atoms with Gasteiger partial charge in [-0.3, -0.25) is 0 Å². The molecule has 1 nitrogen and oxygen atoms in total. The van der Waals surface area contributed by atoms with Crippen LogP contribution in [0, 0.1) is 23.3 Å². The first-order valence-electron chi connectivity index (χ1n) is 5.52. The van der Waals surface area contributed by atoms with Crippen LogP contribution in [0.25, 0.3) is 0 Å². The van der Waals surface area contributed by atoms with Crippen LogP contribution in [-0.4, -0.2) is 29.6 Å². The van der Waals surface area contributed by atoms with Gasteiger partial charge in [0, 0.05) is 29.6 Å². The topological polar surface area (TPSA) is 9.23 Å². The maximum atomic E-state index is 12.9. The number of rotatable bonds is 4. The van der Waals surface area contributed by atoms with E-state index >= 15 is 0 Å². The van der Waals surface area contributed by atoms with Crippen LogP contribution in [0.1, 0.15) is 11.1 Å². The van der Waals surface area contributed by atoms with Gasteiger partial charge in [-0.15, -0.1) is 0 Å². The molecule has 0 bridgehead atoms. The molecule has 1 radical (unpaired) electrons. The van der Waals surface area contributed by atoms with Gasteiger partial charge < -0.3 is 4.74 Å². The molecule has 6 heteroatoms. The van der Waals surface area contributed by atoms with E-state index in [1.54, 1.807) is 0 Å². The summed E-state index contributed by atoms with van der Waals surface area (Å²) in [4.78, 5) is 0. The Bertz CT molecular complexity index is 538. The molecule has 0 saturated carbocycles. The standard InChI is InChI=1S/C14H10F4O.Na/c15-11-3-1-9(5-13(11)17)7-19-8-10-2-4-12(16)14(18)6-10;/h1-6H,7-8H2;. The largest absolute Gasteiger partial charge is 0.372 e. The van der Waals surface area contributed by atoms with Crippen molar-refractivity contribution >= 4 is 29.6 Å². The fourth-order valence-corrected chi connectivity index (χ4v) is 1.55. The number of halogens is 4. The maximum Gasteiger partial charge on any atom is 0.159 e. The number of ether oxygens (including phenoxy) is 1. The molecule has 0 aromatic heterocycles. The van der Waals surface area contributed by atoms with Crippen molar-refractivity contribution in [2.45, 2.75) is 13.2 Å². The first kappa shape index (κ1) is 17.2. The van der Waals surface area contributed by atoms with Gasteiger partial charge in [0.25, 0.3) is 0 Å². The molecule has 101 valence electrons. The second kappa shape index (κ2) is 7.78. The molecule has 0 spiro atoms. The van der Waals surface area contributed by atoms with Gasteiger partial charge in [0.1, 0.15) is 0 Å². The Morgan fingerprint density at radius 3 is 1.40 bits per heavy atom. The maximum absolute atomic E-state index is 12.9. The Kier molecular flexibility index (Phi) is 6.68. The van der Waals surface area contributed by atoms with Crippen molar-refractivity contribution in [2.24, 2.45) is 0 Å². The molecule has 2 aromatic rings.